The Labute approximate surface area is 382 Å². The predicted molar refractivity (Wildman–Crippen MR) is 248 cm³/mol. The molecule has 0 radical (unpaired) electrons. The van der Waals surface area contributed by atoms with Gasteiger partial charge in [0.2, 0.25) is 5.91 Å². The van der Waals surface area contributed by atoms with E-state index < -0.39 is 11.8 Å². The smallest absolute Gasteiger partial charge is 0.328 e. The number of rotatable bonds is 9. The number of piperazine rings is 1. The van der Waals surface area contributed by atoms with Gasteiger partial charge in [-0.3, -0.25) is 19.9 Å². The van der Waals surface area contributed by atoms with Crippen LogP contribution in [-0.2, 0) is 14.3 Å². The number of para-hydroxylation sites is 1. The lowest BCUT2D eigenvalue weighted by atomic mass is 9.95. The van der Waals surface area contributed by atoms with Gasteiger partial charge in [-0.05, 0) is 98.4 Å². The highest BCUT2D eigenvalue weighted by atomic mass is 19.1. The number of phenolic OH excluding ortho intramolecular Hbond substituents is 1. The number of aromatic hydroxyl groups is 1. The first kappa shape index (κ1) is 41.4. The Balaban J connectivity index is 0.654. The molecular formula is C49H56FN11O5. The number of ether oxygens (including phenoxy) is 2. The molecule has 9 heterocycles. The van der Waals surface area contributed by atoms with Crippen LogP contribution < -0.4 is 30.7 Å². The molecule has 7 fully saturated rings. The van der Waals surface area contributed by atoms with Gasteiger partial charge in [0.25, 0.3) is 0 Å². The molecule has 1 spiro atoms. The maximum atomic E-state index is 15.7. The van der Waals surface area contributed by atoms with Crippen molar-refractivity contribution in [3.05, 3.63) is 78.4 Å². The van der Waals surface area contributed by atoms with Crippen molar-refractivity contribution in [2.45, 2.75) is 81.2 Å². The summed E-state index contributed by atoms with van der Waals surface area (Å²) in [6.45, 7) is 7.15. The second-order valence-corrected chi connectivity index (χ2v) is 19.5. The summed E-state index contributed by atoms with van der Waals surface area (Å²) in [5.41, 5.74) is 13.0. The van der Waals surface area contributed by atoms with E-state index in [1.165, 1.54) is 5.56 Å². The molecule has 1 saturated carbocycles. The maximum Gasteiger partial charge on any atom is 0.328 e. The van der Waals surface area contributed by atoms with Crippen LogP contribution in [0.15, 0.2) is 67.0 Å². The van der Waals surface area contributed by atoms with Gasteiger partial charge in [-0.15, -0.1) is 10.2 Å². The standard InChI is InChI=1S/C49H56FN11O5/c50-40-10-9-32(61-33-7-8-34(61)25-58(24-33)43-21-41(54-55-46(43)51)37-3-1-2-4-44(37)62)20-42(40)57-15-11-30(12-16-57)23-56-18-14-49(29-56)65-27-36(28-66-49)60-26-39(31-5-6-31)38-19-35(22-52-47(38)60)59-17-13-45(63)53-48(59)64/h1-4,9-10,19-22,26,30-31,33-34,36,62H,5-8,11-18,23-25,27-29H2,(H2,51,55)(H,53,63,64). The number of carbonyl (C=O) groups is 2. The summed E-state index contributed by atoms with van der Waals surface area (Å²) in [4.78, 5) is 40.4. The fraction of sp³-hybridized carbons (Fsp3) is 0.490. The summed E-state index contributed by atoms with van der Waals surface area (Å²) in [6, 6.07) is 16.8. The number of amides is 3. The maximum absolute atomic E-state index is 15.7. The second-order valence-electron chi connectivity index (χ2n) is 19.5. The third-order valence-electron chi connectivity index (χ3n) is 15.3. The average molecular weight is 898 g/mol. The normalized spacial score (nSPS) is 26.3. The number of hydrogen-bond donors (Lipinski definition) is 3. The molecule has 2 atom stereocenters. The van der Waals surface area contributed by atoms with Gasteiger partial charge in [0.05, 0.1) is 54.8 Å². The van der Waals surface area contributed by atoms with E-state index >= 15 is 4.39 Å². The molecule has 7 aliphatic rings. The molecule has 2 unspecified atom stereocenters. The van der Waals surface area contributed by atoms with E-state index in [2.05, 4.69) is 51.9 Å². The van der Waals surface area contributed by atoms with Gasteiger partial charge >= 0.3 is 6.03 Å². The molecule has 3 amide bonds. The molecule has 6 saturated heterocycles. The number of pyridine rings is 1. The topological polar surface area (TPSA) is 171 Å². The second kappa shape index (κ2) is 16.4. The molecule has 4 N–H and O–H groups in total. The number of hydrogen-bond acceptors (Lipinski definition) is 13. The molecule has 344 valence electrons. The third kappa shape index (κ3) is 7.54. The monoisotopic (exact) mass is 897 g/mol. The Morgan fingerprint density at radius 1 is 0.848 bits per heavy atom. The summed E-state index contributed by atoms with van der Waals surface area (Å²) in [5, 5.41) is 22.5. The fourth-order valence-electron chi connectivity index (χ4n) is 11.7. The number of nitrogens with two attached hydrogens (primary N) is 1. The minimum atomic E-state index is -0.621. The number of phenols is 1. The van der Waals surface area contributed by atoms with Gasteiger partial charge in [-0.25, -0.2) is 14.2 Å². The highest BCUT2D eigenvalue weighted by Crippen LogP contribution is 2.46. The lowest BCUT2D eigenvalue weighted by Crippen LogP contribution is -2.54. The minimum absolute atomic E-state index is 0.0217. The molecule has 6 aliphatic heterocycles. The number of nitrogen functional groups attached to an aromatic ring is 1. The van der Waals surface area contributed by atoms with E-state index in [1.54, 1.807) is 29.3 Å². The van der Waals surface area contributed by atoms with E-state index in [1.807, 2.05) is 30.3 Å². The van der Waals surface area contributed by atoms with Crippen molar-refractivity contribution in [3.63, 3.8) is 0 Å². The first-order chi connectivity index (χ1) is 32.1. The van der Waals surface area contributed by atoms with Crippen molar-refractivity contribution in [1.29, 1.82) is 0 Å². The van der Waals surface area contributed by atoms with E-state index in [-0.39, 0.29) is 42.0 Å². The molecule has 2 aromatic carbocycles. The number of fused-ring (bicyclic) bond motifs is 3. The van der Waals surface area contributed by atoms with Crippen molar-refractivity contribution in [3.8, 4) is 17.0 Å². The van der Waals surface area contributed by atoms with Crippen LogP contribution in [-0.4, -0.2) is 125 Å². The number of imide groups is 1. The number of piperidine rings is 1. The van der Waals surface area contributed by atoms with E-state index in [0.717, 1.165) is 113 Å². The fourth-order valence-corrected chi connectivity index (χ4v) is 11.7. The molecule has 3 aromatic heterocycles. The number of aromatic nitrogens is 4. The van der Waals surface area contributed by atoms with Gasteiger partial charge in [-0.1, -0.05) is 12.1 Å². The summed E-state index contributed by atoms with van der Waals surface area (Å²) in [7, 11) is 0. The summed E-state index contributed by atoms with van der Waals surface area (Å²) < 4.78 is 31.2. The van der Waals surface area contributed by atoms with Crippen molar-refractivity contribution >= 4 is 51.5 Å². The van der Waals surface area contributed by atoms with Crippen LogP contribution in [0.4, 0.5) is 37.8 Å². The van der Waals surface area contributed by atoms with E-state index in [9.17, 15) is 14.7 Å². The lowest BCUT2D eigenvalue weighted by molar-refractivity contribution is -0.270. The van der Waals surface area contributed by atoms with Gasteiger partial charge in [0, 0.05) is 93.6 Å². The number of halogens is 1. The number of carbonyl (C=O) groups excluding carboxylic acids is 2. The molecule has 12 rings (SSSR count). The average Bonchev–Trinajstić information content (AvgIpc) is 3.92. The molecular weight excluding hydrogens is 842 g/mol. The zero-order valence-corrected chi connectivity index (χ0v) is 37.0. The van der Waals surface area contributed by atoms with E-state index in [4.69, 9.17) is 20.2 Å². The molecule has 1 aliphatic carbocycles. The van der Waals surface area contributed by atoms with Crippen LogP contribution in [0.25, 0.3) is 22.3 Å². The molecule has 66 heavy (non-hydrogen) atoms. The van der Waals surface area contributed by atoms with Crippen LogP contribution in [0.1, 0.15) is 68.9 Å². The summed E-state index contributed by atoms with van der Waals surface area (Å²) in [6.07, 6.45) is 11.4. The van der Waals surface area contributed by atoms with Gasteiger partial charge in [-0.2, -0.15) is 0 Å². The number of benzene rings is 2. The molecule has 2 bridgehead atoms. The van der Waals surface area contributed by atoms with Crippen molar-refractivity contribution in [2.24, 2.45) is 5.92 Å². The number of likely N-dealkylation sites (tertiary alicyclic amines) is 1. The predicted octanol–water partition coefficient (Wildman–Crippen LogP) is 6.01. The van der Waals surface area contributed by atoms with Gasteiger partial charge in [0.1, 0.15) is 17.2 Å². The first-order valence-corrected chi connectivity index (χ1v) is 23.8. The SMILES string of the molecule is Nc1nnc(-c2ccccc2O)cc1N1CC2CCC(C1)N2c1ccc(F)c(N2CCC(CN3CCC4(C3)OCC(n3cc(C5CC5)c5cc(N6CCC(=O)NC6=O)cnc53)CO4)CC2)c1. The lowest BCUT2D eigenvalue weighted by Gasteiger charge is -2.44. The van der Waals surface area contributed by atoms with Crippen LogP contribution >= 0.6 is 0 Å². The zero-order valence-electron chi connectivity index (χ0n) is 37.0. The number of urea groups is 1. The Morgan fingerprint density at radius 3 is 2.39 bits per heavy atom. The van der Waals surface area contributed by atoms with Crippen molar-refractivity contribution < 1.29 is 28.6 Å². The Bertz CT molecular complexity index is 2680. The quantitative estimate of drug-likeness (QED) is 0.157. The Kier molecular flexibility index (Phi) is 10.3. The first-order valence-electron chi connectivity index (χ1n) is 23.8. The molecule has 17 heteroatoms. The Hall–Kier alpha value is -6.04. The third-order valence-corrected chi connectivity index (χ3v) is 15.3. The number of nitrogens with one attached hydrogen (secondary N) is 1. The van der Waals surface area contributed by atoms with E-state index in [0.29, 0.717) is 60.0 Å². The number of nitrogens with zero attached hydrogens (tertiary/aromatic N) is 9. The van der Waals surface area contributed by atoms with Crippen LogP contribution in [0, 0.1) is 11.7 Å². The summed E-state index contributed by atoms with van der Waals surface area (Å²) >= 11 is 0. The summed E-state index contributed by atoms with van der Waals surface area (Å²) in [5.74, 6) is 0.455. The largest absolute Gasteiger partial charge is 0.507 e. The molecule has 5 aromatic rings. The van der Waals surface area contributed by atoms with Crippen LogP contribution in [0.2, 0.25) is 0 Å². The van der Waals surface area contributed by atoms with Crippen LogP contribution in [0.5, 0.6) is 5.75 Å². The number of anilines is 5. The Morgan fingerprint density at radius 2 is 1.64 bits per heavy atom. The van der Waals surface area contributed by atoms with Gasteiger partial charge in [0.15, 0.2) is 11.6 Å². The highest BCUT2D eigenvalue weighted by molar-refractivity contribution is 6.06. The zero-order chi connectivity index (χ0) is 44.7. The molecule has 16 nitrogen and oxygen atoms in total. The highest BCUT2D eigenvalue weighted by Gasteiger charge is 2.46. The van der Waals surface area contributed by atoms with Crippen molar-refractivity contribution in [1.82, 2.24) is 30.0 Å². The van der Waals surface area contributed by atoms with Crippen LogP contribution in [0.3, 0.4) is 0 Å². The minimum Gasteiger partial charge on any atom is -0.507 e. The van der Waals surface area contributed by atoms with Crippen molar-refractivity contribution in [2.75, 3.05) is 90.9 Å². The van der Waals surface area contributed by atoms with Gasteiger partial charge < -0.3 is 39.6 Å².